The maximum atomic E-state index is 11.4. The minimum Gasteiger partial charge on any atom is -0.463 e. The van der Waals surface area contributed by atoms with Crippen molar-refractivity contribution in [3.63, 3.8) is 0 Å². The fraction of sp³-hybridized carbons (Fsp3) is 0.500. The highest BCUT2D eigenvalue weighted by atomic mass is 79.9. The van der Waals surface area contributed by atoms with E-state index in [1.807, 2.05) is 13.8 Å². The third-order valence-electron chi connectivity index (χ3n) is 2.03. The monoisotopic (exact) mass is 287 g/mol. The summed E-state index contributed by atoms with van der Waals surface area (Å²) in [6.45, 7) is 3.99. The van der Waals surface area contributed by atoms with Crippen LogP contribution in [-0.2, 0) is 4.74 Å². The average Bonchev–Trinajstić information content (AvgIpc) is 2.27. The summed E-state index contributed by atoms with van der Waals surface area (Å²) >= 11 is 3.41. The second-order valence-corrected chi connectivity index (χ2v) is 4.28. The van der Waals surface area contributed by atoms with Crippen molar-refractivity contribution in [2.24, 2.45) is 0 Å². The molecule has 1 N–H and O–H groups in total. The van der Waals surface area contributed by atoms with Crippen LogP contribution in [0.15, 0.2) is 4.47 Å². The lowest BCUT2D eigenvalue weighted by atomic mass is 10.1. The van der Waals surface area contributed by atoms with Gasteiger partial charge in [0, 0.05) is 7.05 Å². The van der Waals surface area contributed by atoms with E-state index in [2.05, 4.69) is 36.0 Å². The minimum atomic E-state index is -0.536. The van der Waals surface area contributed by atoms with E-state index < -0.39 is 5.97 Å². The molecule has 0 atom stereocenters. The van der Waals surface area contributed by atoms with E-state index >= 15 is 0 Å². The van der Waals surface area contributed by atoms with Crippen molar-refractivity contribution in [3.05, 3.63) is 16.0 Å². The first-order valence-corrected chi connectivity index (χ1v) is 5.64. The van der Waals surface area contributed by atoms with Gasteiger partial charge in [0.2, 0.25) is 5.82 Å². The van der Waals surface area contributed by atoms with Crippen LogP contribution in [0.25, 0.3) is 0 Å². The highest BCUT2D eigenvalue weighted by Gasteiger charge is 2.18. The predicted molar refractivity (Wildman–Crippen MR) is 64.7 cm³/mol. The Morgan fingerprint density at radius 2 is 2.06 bits per heavy atom. The van der Waals surface area contributed by atoms with Crippen LogP contribution in [0, 0.1) is 0 Å². The number of nitrogens with zero attached hydrogens (tertiary/aromatic N) is 2. The number of hydrogen-bond donors (Lipinski definition) is 1. The number of esters is 1. The summed E-state index contributed by atoms with van der Waals surface area (Å²) in [5.41, 5.74) is 0.778. The standard InChI is InChI=1S/C10H14BrN3O2/c1-5(2)7-6(11)8(12-3)14-9(13-7)10(15)16-4/h5H,1-4H3,(H,12,13,14). The van der Waals surface area contributed by atoms with Gasteiger partial charge in [-0.3, -0.25) is 0 Å². The van der Waals surface area contributed by atoms with E-state index in [1.165, 1.54) is 7.11 Å². The number of ether oxygens (including phenoxy) is 1. The highest BCUT2D eigenvalue weighted by Crippen LogP contribution is 2.28. The van der Waals surface area contributed by atoms with Crippen molar-refractivity contribution in [2.75, 3.05) is 19.5 Å². The van der Waals surface area contributed by atoms with E-state index in [1.54, 1.807) is 7.05 Å². The molecule has 0 unspecified atom stereocenters. The first kappa shape index (κ1) is 12.9. The maximum absolute atomic E-state index is 11.4. The Labute approximate surface area is 103 Å². The lowest BCUT2D eigenvalue weighted by Crippen LogP contribution is -2.12. The maximum Gasteiger partial charge on any atom is 0.376 e. The van der Waals surface area contributed by atoms with Crippen LogP contribution in [0.3, 0.4) is 0 Å². The molecule has 6 heteroatoms. The van der Waals surface area contributed by atoms with Crippen molar-refractivity contribution in [3.8, 4) is 0 Å². The van der Waals surface area contributed by atoms with Gasteiger partial charge in [-0.05, 0) is 21.8 Å². The molecule has 0 fully saturated rings. The molecule has 1 heterocycles. The van der Waals surface area contributed by atoms with Crippen molar-refractivity contribution >= 4 is 27.7 Å². The number of aromatic nitrogens is 2. The molecule has 0 bridgehead atoms. The molecule has 1 aromatic rings. The van der Waals surface area contributed by atoms with Gasteiger partial charge in [-0.2, -0.15) is 0 Å². The highest BCUT2D eigenvalue weighted by molar-refractivity contribution is 9.10. The molecule has 0 saturated carbocycles. The predicted octanol–water partition coefficient (Wildman–Crippen LogP) is 2.19. The number of carbonyl (C=O) groups excluding carboxylic acids is 1. The summed E-state index contributed by atoms with van der Waals surface area (Å²) in [7, 11) is 3.04. The van der Waals surface area contributed by atoms with Gasteiger partial charge in [0.25, 0.3) is 0 Å². The van der Waals surface area contributed by atoms with Gasteiger partial charge >= 0.3 is 5.97 Å². The quantitative estimate of drug-likeness (QED) is 0.864. The second kappa shape index (κ2) is 5.25. The second-order valence-electron chi connectivity index (χ2n) is 3.49. The minimum absolute atomic E-state index is 0.0683. The fourth-order valence-corrected chi connectivity index (χ4v) is 2.03. The van der Waals surface area contributed by atoms with Gasteiger partial charge in [-0.1, -0.05) is 13.8 Å². The number of halogens is 1. The molecular weight excluding hydrogens is 274 g/mol. The van der Waals surface area contributed by atoms with Crippen molar-refractivity contribution in [1.82, 2.24) is 9.97 Å². The molecule has 0 aliphatic heterocycles. The first-order chi connectivity index (χ1) is 7.51. The molecule has 0 radical (unpaired) electrons. The third-order valence-corrected chi connectivity index (χ3v) is 2.81. The zero-order chi connectivity index (χ0) is 12.3. The lowest BCUT2D eigenvalue weighted by molar-refractivity contribution is 0.0586. The lowest BCUT2D eigenvalue weighted by Gasteiger charge is -2.12. The molecule has 0 spiro atoms. The van der Waals surface area contributed by atoms with Crippen LogP contribution in [0.2, 0.25) is 0 Å². The van der Waals surface area contributed by atoms with Crippen LogP contribution in [-0.4, -0.2) is 30.1 Å². The Balaban J connectivity index is 3.34. The fourth-order valence-electron chi connectivity index (χ4n) is 1.20. The van der Waals surface area contributed by atoms with Crippen molar-refractivity contribution in [2.45, 2.75) is 19.8 Å². The summed E-state index contributed by atoms with van der Waals surface area (Å²) in [5.74, 6) is 0.302. The Kier molecular flexibility index (Phi) is 4.23. The number of rotatable bonds is 3. The number of carbonyl (C=O) groups is 1. The zero-order valence-corrected chi connectivity index (χ0v) is 11.3. The Morgan fingerprint density at radius 1 is 1.44 bits per heavy atom. The number of nitrogens with one attached hydrogen (secondary N) is 1. The van der Waals surface area contributed by atoms with E-state index in [0.717, 1.165) is 10.2 Å². The van der Waals surface area contributed by atoms with Crippen LogP contribution >= 0.6 is 15.9 Å². The molecule has 1 rings (SSSR count). The van der Waals surface area contributed by atoms with E-state index in [9.17, 15) is 4.79 Å². The molecule has 0 saturated heterocycles. The number of anilines is 1. The van der Waals surface area contributed by atoms with Gasteiger partial charge in [-0.15, -0.1) is 0 Å². The average molecular weight is 288 g/mol. The molecule has 0 aliphatic carbocycles. The van der Waals surface area contributed by atoms with Gasteiger partial charge in [0.1, 0.15) is 5.82 Å². The summed E-state index contributed by atoms with van der Waals surface area (Å²) in [6, 6.07) is 0. The van der Waals surface area contributed by atoms with Crippen LogP contribution < -0.4 is 5.32 Å². The van der Waals surface area contributed by atoms with Crippen molar-refractivity contribution in [1.29, 1.82) is 0 Å². The van der Waals surface area contributed by atoms with Gasteiger partial charge in [-0.25, -0.2) is 14.8 Å². The van der Waals surface area contributed by atoms with Crippen LogP contribution in [0.1, 0.15) is 36.1 Å². The zero-order valence-electron chi connectivity index (χ0n) is 9.67. The summed E-state index contributed by atoms with van der Waals surface area (Å²) < 4.78 is 5.38. The molecule has 0 aliphatic rings. The largest absolute Gasteiger partial charge is 0.463 e. The van der Waals surface area contributed by atoms with E-state index in [4.69, 9.17) is 0 Å². The summed E-state index contributed by atoms with van der Waals surface area (Å²) in [4.78, 5) is 19.6. The van der Waals surface area contributed by atoms with Gasteiger partial charge in [0.05, 0.1) is 17.3 Å². The molecule has 88 valence electrons. The third kappa shape index (κ3) is 2.49. The van der Waals surface area contributed by atoms with E-state index in [0.29, 0.717) is 5.82 Å². The Bertz CT molecular complexity index is 407. The summed E-state index contributed by atoms with van der Waals surface area (Å²) in [5, 5.41) is 2.90. The van der Waals surface area contributed by atoms with Crippen LogP contribution in [0.4, 0.5) is 5.82 Å². The van der Waals surface area contributed by atoms with Gasteiger partial charge < -0.3 is 10.1 Å². The Morgan fingerprint density at radius 3 is 2.50 bits per heavy atom. The normalized spacial score (nSPS) is 10.4. The summed E-state index contributed by atoms with van der Waals surface area (Å²) in [6.07, 6.45) is 0. The Hall–Kier alpha value is -1.17. The van der Waals surface area contributed by atoms with Crippen molar-refractivity contribution < 1.29 is 9.53 Å². The molecular formula is C10H14BrN3O2. The smallest absolute Gasteiger partial charge is 0.376 e. The topological polar surface area (TPSA) is 64.1 Å². The first-order valence-electron chi connectivity index (χ1n) is 4.84. The number of methoxy groups -OCH3 is 1. The van der Waals surface area contributed by atoms with Gasteiger partial charge in [0.15, 0.2) is 0 Å². The molecule has 16 heavy (non-hydrogen) atoms. The molecule has 1 aromatic heterocycles. The van der Waals surface area contributed by atoms with E-state index in [-0.39, 0.29) is 11.7 Å². The molecule has 5 nitrogen and oxygen atoms in total. The SMILES string of the molecule is CNc1nc(C(=O)OC)nc(C(C)C)c1Br. The number of hydrogen-bond acceptors (Lipinski definition) is 5. The van der Waals surface area contributed by atoms with Crippen LogP contribution in [0.5, 0.6) is 0 Å². The molecule has 0 amide bonds. The molecule has 0 aromatic carbocycles.